The Morgan fingerprint density at radius 1 is 0.714 bits per heavy atom. The fourth-order valence-electron chi connectivity index (χ4n) is 2.11. The molecule has 0 aliphatic rings. The topological polar surface area (TPSA) is 180 Å². The number of para-hydroxylation sites is 3. The fraction of sp³-hybridized carbons (Fsp3) is 0. The second-order valence-corrected chi connectivity index (χ2v) is 6.12. The quantitative estimate of drug-likeness (QED) is 0.164. The van der Waals surface area contributed by atoms with Gasteiger partial charge in [-0.15, -0.1) is 10.1 Å². The molecule has 0 aliphatic carbocycles. The number of nitrogens with zero attached hydrogens (tertiary/aromatic N) is 3. The third kappa shape index (κ3) is 14.2. The molecular formula is C24H26N4O7. The summed E-state index contributed by atoms with van der Waals surface area (Å²) in [5.74, 6) is 0. The Bertz CT molecular complexity index is 1060. The SMILES string of the molecule is O.O=Nc1ccccc1.O=[N+]([O-])c1ccccc1.ON(O)c1ccccc1.ONc1ccccc1. The molecule has 0 radical (unpaired) electrons. The molecule has 4 rings (SSSR count). The molecule has 4 aromatic rings. The van der Waals surface area contributed by atoms with E-state index in [-0.39, 0.29) is 16.4 Å². The summed E-state index contributed by atoms with van der Waals surface area (Å²) in [7, 11) is 0. The summed E-state index contributed by atoms with van der Waals surface area (Å²) in [6.07, 6.45) is 0. The van der Waals surface area contributed by atoms with E-state index in [1.165, 1.54) is 12.1 Å². The van der Waals surface area contributed by atoms with Crippen LogP contribution in [0, 0.1) is 15.0 Å². The molecule has 0 heterocycles. The standard InChI is InChI=1S/C6H7NO2.C6H5NO2.C6H7NO.C6H5NO.H2O/c2*8-7(9)6-4-2-1-3-5-6;2*8-7-6-4-2-1-3-5-6;/h1-5,8-9H;1-5H;1-5,7-8H;1-5H;1H2. The molecule has 0 aliphatic heterocycles. The highest BCUT2D eigenvalue weighted by Gasteiger charge is 1.98. The Hall–Kier alpha value is -4.68. The third-order valence-electron chi connectivity index (χ3n) is 3.72. The first-order valence-electron chi connectivity index (χ1n) is 9.73. The molecule has 0 fully saturated rings. The molecule has 35 heavy (non-hydrogen) atoms. The van der Waals surface area contributed by atoms with Crippen molar-refractivity contribution in [3.63, 3.8) is 0 Å². The van der Waals surface area contributed by atoms with Gasteiger partial charge in [0.2, 0.25) is 0 Å². The van der Waals surface area contributed by atoms with Crippen molar-refractivity contribution in [2.45, 2.75) is 0 Å². The molecule has 11 heteroatoms. The predicted molar refractivity (Wildman–Crippen MR) is 133 cm³/mol. The van der Waals surface area contributed by atoms with Gasteiger partial charge in [0.1, 0.15) is 5.69 Å². The largest absolute Gasteiger partial charge is 0.412 e. The Balaban J connectivity index is 0.000000437. The van der Waals surface area contributed by atoms with Crippen molar-refractivity contribution in [1.82, 2.24) is 0 Å². The second-order valence-electron chi connectivity index (χ2n) is 6.12. The van der Waals surface area contributed by atoms with Gasteiger partial charge in [-0.2, -0.15) is 0 Å². The maximum Gasteiger partial charge on any atom is 0.269 e. The van der Waals surface area contributed by atoms with Gasteiger partial charge >= 0.3 is 0 Å². The second kappa shape index (κ2) is 18.8. The van der Waals surface area contributed by atoms with Crippen molar-refractivity contribution in [2.75, 3.05) is 10.7 Å². The molecule has 0 saturated heterocycles. The van der Waals surface area contributed by atoms with Gasteiger partial charge in [0.25, 0.3) is 5.69 Å². The van der Waals surface area contributed by atoms with Crippen LogP contribution in [-0.2, 0) is 0 Å². The van der Waals surface area contributed by atoms with E-state index in [0.29, 0.717) is 17.1 Å². The van der Waals surface area contributed by atoms with E-state index in [4.69, 9.17) is 15.6 Å². The Morgan fingerprint density at radius 3 is 1.37 bits per heavy atom. The summed E-state index contributed by atoms with van der Waals surface area (Å²) >= 11 is 0. The first-order chi connectivity index (χ1) is 16.5. The number of nitroso groups, excluding NO2 is 1. The Morgan fingerprint density at radius 2 is 1.11 bits per heavy atom. The van der Waals surface area contributed by atoms with E-state index in [9.17, 15) is 15.0 Å². The summed E-state index contributed by atoms with van der Waals surface area (Å²) in [6, 6.07) is 34.2. The molecule has 11 nitrogen and oxygen atoms in total. The molecule has 6 N–H and O–H groups in total. The van der Waals surface area contributed by atoms with Crippen molar-refractivity contribution in [2.24, 2.45) is 5.18 Å². The van der Waals surface area contributed by atoms with Gasteiger partial charge in [0.05, 0.1) is 16.3 Å². The Kier molecular flexibility index (Phi) is 16.3. The molecule has 0 bridgehead atoms. The molecular weight excluding hydrogens is 456 g/mol. The number of hydrogen-bond donors (Lipinski definition) is 4. The summed E-state index contributed by atoms with van der Waals surface area (Å²) in [6.45, 7) is 0. The molecule has 0 amide bonds. The lowest BCUT2D eigenvalue weighted by Crippen LogP contribution is -2.10. The summed E-state index contributed by atoms with van der Waals surface area (Å²) < 4.78 is 0. The minimum atomic E-state index is -0.417. The average Bonchev–Trinajstić information content (AvgIpc) is 2.91. The van der Waals surface area contributed by atoms with Crippen LogP contribution in [0.4, 0.5) is 22.7 Å². The van der Waals surface area contributed by atoms with Crippen molar-refractivity contribution in [3.05, 3.63) is 136 Å². The van der Waals surface area contributed by atoms with E-state index < -0.39 is 4.92 Å². The van der Waals surface area contributed by atoms with E-state index in [0.717, 1.165) is 0 Å². The lowest BCUT2D eigenvalue weighted by atomic mass is 10.3. The number of nitrogens with one attached hydrogen (secondary N) is 1. The first-order valence-corrected chi connectivity index (χ1v) is 9.73. The van der Waals surface area contributed by atoms with Gasteiger partial charge in [-0.05, 0) is 41.6 Å². The van der Waals surface area contributed by atoms with Crippen LogP contribution in [0.5, 0.6) is 0 Å². The molecule has 0 unspecified atom stereocenters. The number of benzene rings is 4. The molecule has 0 aromatic heterocycles. The molecule has 184 valence electrons. The van der Waals surface area contributed by atoms with Crippen molar-refractivity contribution in [3.8, 4) is 0 Å². The van der Waals surface area contributed by atoms with Gasteiger partial charge < -0.3 is 5.48 Å². The van der Waals surface area contributed by atoms with Crippen LogP contribution in [0.15, 0.2) is 127 Å². The summed E-state index contributed by atoms with van der Waals surface area (Å²) in [5, 5.41) is 37.9. The number of nitro groups is 1. The highest BCUT2D eigenvalue weighted by atomic mass is 16.8. The minimum absolute atomic E-state index is 0. The monoisotopic (exact) mass is 482 g/mol. The van der Waals surface area contributed by atoms with Crippen molar-refractivity contribution in [1.29, 1.82) is 0 Å². The molecule has 0 spiro atoms. The highest BCUT2D eigenvalue weighted by molar-refractivity contribution is 5.40. The minimum Gasteiger partial charge on any atom is -0.412 e. The van der Waals surface area contributed by atoms with Gasteiger partial charge in [-0.3, -0.25) is 31.2 Å². The third-order valence-corrected chi connectivity index (χ3v) is 3.72. The zero-order valence-corrected chi connectivity index (χ0v) is 18.5. The van der Waals surface area contributed by atoms with Crippen LogP contribution in [-0.4, -0.2) is 26.0 Å². The summed E-state index contributed by atoms with van der Waals surface area (Å²) in [5.41, 5.74) is 3.72. The molecule has 0 saturated carbocycles. The lowest BCUT2D eigenvalue weighted by Gasteiger charge is -2.05. The fourth-order valence-corrected chi connectivity index (χ4v) is 2.11. The predicted octanol–water partition coefficient (Wildman–Crippen LogP) is 5.61. The van der Waals surface area contributed by atoms with Crippen LogP contribution in [0.3, 0.4) is 0 Å². The molecule has 4 aromatic carbocycles. The molecule has 0 atom stereocenters. The van der Waals surface area contributed by atoms with Crippen molar-refractivity contribution >= 4 is 22.7 Å². The normalized spacial score (nSPS) is 8.54. The number of rotatable bonds is 4. The van der Waals surface area contributed by atoms with Crippen LogP contribution in [0.1, 0.15) is 0 Å². The van der Waals surface area contributed by atoms with Crippen LogP contribution in [0.2, 0.25) is 0 Å². The van der Waals surface area contributed by atoms with Crippen LogP contribution in [0.25, 0.3) is 0 Å². The van der Waals surface area contributed by atoms with Crippen LogP contribution < -0.4 is 10.7 Å². The number of hydrogen-bond acceptors (Lipinski definition) is 9. The number of non-ortho nitro benzene ring substituents is 1. The van der Waals surface area contributed by atoms with Gasteiger partial charge in [-0.1, -0.05) is 72.8 Å². The first kappa shape index (κ1) is 30.3. The zero-order chi connectivity index (χ0) is 25.0. The van der Waals surface area contributed by atoms with Crippen molar-refractivity contribution < 1.29 is 26.0 Å². The highest BCUT2D eigenvalue weighted by Crippen LogP contribution is 2.08. The van der Waals surface area contributed by atoms with E-state index in [1.807, 2.05) is 29.7 Å². The van der Waals surface area contributed by atoms with Gasteiger partial charge in [-0.25, -0.2) is 0 Å². The Labute approximate surface area is 201 Å². The lowest BCUT2D eigenvalue weighted by molar-refractivity contribution is -0.384. The zero-order valence-electron chi connectivity index (χ0n) is 18.5. The van der Waals surface area contributed by atoms with E-state index in [2.05, 4.69) is 5.18 Å². The van der Waals surface area contributed by atoms with E-state index >= 15 is 0 Å². The maximum absolute atomic E-state index is 10.0. The average molecular weight is 482 g/mol. The number of nitro benzene ring substituents is 1. The van der Waals surface area contributed by atoms with Gasteiger partial charge in [0.15, 0.2) is 0 Å². The summed E-state index contributed by atoms with van der Waals surface area (Å²) in [4.78, 5) is 19.3. The van der Waals surface area contributed by atoms with Crippen LogP contribution >= 0.6 is 0 Å². The van der Waals surface area contributed by atoms with E-state index in [1.54, 1.807) is 84.9 Å². The van der Waals surface area contributed by atoms with Gasteiger partial charge in [0, 0.05) is 12.1 Å². The smallest absolute Gasteiger partial charge is 0.269 e. The number of anilines is 2. The maximum atomic E-state index is 10.0.